The van der Waals surface area contributed by atoms with E-state index in [2.05, 4.69) is 175 Å². The Morgan fingerprint density at radius 3 is 1.79 bits per heavy atom. The van der Waals surface area contributed by atoms with Gasteiger partial charge in [0.1, 0.15) is 0 Å². The van der Waals surface area contributed by atoms with E-state index in [9.17, 15) is 0 Å². The molecule has 8 aromatic carbocycles. The lowest BCUT2D eigenvalue weighted by molar-refractivity contribution is -0.00491. The predicted octanol–water partition coefficient (Wildman–Crippen LogP) is 15.7. The predicted molar refractivity (Wildman–Crippen MR) is 257 cm³/mol. The third-order valence-corrected chi connectivity index (χ3v) is 16.8. The van der Waals surface area contributed by atoms with Crippen LogP contribution in [0.25, 0.3) is 44.2 Å². The number of hydrogen-bond donors (Lipinski definition) is 0. The van der Waals surface area contributed by atoms with E-state index in [1.54, 1.807) is 16.7 Å². The second-order valence-electron chi connectivity index (χ2n) is 20.0. The molecule has 4 bridgehead atoms. The molecule has 0 heterocycles. The van der Waals surface area contributed by atoms with Crippen molar-refractivity contribution in [2.45, 2.75) is 75.0 Å². The van der Waals surface area contributed by atoms with Gasteiger partial charge in [-0.05, 0) is 201 Å². The van der Waals surface area contributed by atoms with Crippen LogP contribution >= 0.6 is 0 Å². The van der Waals surface area contributed by atoms with Crippen LogP contribution in [0, 0.1) is 17.8 Å². The van der Waals surface area contributed by atoms with Crippen molar-refractivity contribution in [1.82, 2.24) is 0 Å². The largest absolute Gasteiger partial charge is 0.310 e. The minimum absolute atomic E-state index is 0.239. The third kappa shape index (κ3) is 4.86. The van der Waals surface area contributed by atoms with Crippen LogP contribution in [0.4, 0.5) is 17.1 Å². The van der Waals surface area contributed by atoms with Crippen molar-refractivity contribution in [2.24, 2.45) is 17.8 Å². The van der Waals surface area contributed by atoms with Gasteiger partial charge in [-0.15, -0.1) is 0 Å². The first kappa shape index (κ1) is 35.4. The molecule has 8 aromatic rings. The van der Waals surface area contributed by atoms with Gasteiger partial charge in [-0.1, -0.05) is 140 Å². The Morgan fingerprint density at radius 2 is 1.03 bits per heavy atom. The number of hydrogen-bond acceptors (Lipinski definition) is 1. The van der Waals surface area contributed by atoms with Gasteiger partial charge in [0.15, 0.2) is 0 Å². The number of aryl methyl sites for hydroxylation is 1. The van der Waals surface area contributed by atoms with E-state index in [1.807, 2.05) is 0 Å². The zero-order valence-electron chi connectivity index (χ0n) is 35.4. The molecule has 0 N–H and O–H groups in total. The quantitative estimate of drug-likeness (QED) is 0.168. The molecular formula is C61H51N. The Labute approximate surface area is 366 Å². The van der Waals surface area contributed by atoms with Gasteiger partial charge in [-0.3, -0.25) is 0 Å². The molecule has 7 aliphatic carbocycles. The van der Waals surface area contributed by atoms with E-state index >= 15 is 0 Å². The van der Waals surface area contributed by atoms with E-state index in [0.29, 0.717) is 0 Å². The van der Waals surface area contributed by atoms with E-state index in [1.165, 1.54) is 148 Å². The fraction of sp³-hybridized carbons (Fsp3) is 0.246. The summed E-state index contributed by atoms with van der Waals surface area (Å²) in [4.78, 5) is 2.67. The molecule has 62 heavy (non-hydrogen) atoms. The first-order valence-electron chi connectivity index (χ1n) is 23.6. The SMILES string of the molecule is c1ccc2c(c1)-c1ccccc1C21c2cc(N(c3ccc(-c4cccc5c4CCCC5)cc3)c3ccccc3C34CC5CC(CC(C5)C3)C4)ccc2-c2ccc3ccccc3c21. The summed E-state index contributed by atoms with van der Waals surface area (Å²) >= 11 is 0. The van der Waals surface area contributed by atoms with Crippen LogP contribution in [0.2, 0.25) is 0 Å². The van der Waals surface area contributed by atoms with Crippen molar-refractivity contribution in [3.63, 3.8) is 0 Å². The van der Waals surface area contributed by atoms with Crippen LogP contribution in [0.3, 0.4) is 0 Å². The number of nitrogens with zero attached hydrogens (tertiary/aromatic N) is 1. The molecule has 7 aliphatic rings. The molecule has 300 valence electrons. The molecule has 0 atom stereocenters. The molecule has 0 aliphatic heterocycles. The zero-order valence-corrected chi connectivity index (χ0v) is 35.4. The summed E-state index contributed by atoms with van der Waals surface area (Å²) in [5, 5.41) is 2.64. The maximum absolute atomic E-state index is 2.67. The highest BCUT2D eigenvalue weighted by molar-refractivity contribution is 6.04. The second-order valence-corrected chi connectivity index (χ2v) is 20.0. The summed E-state index contributed by atoms with van der Waals surface area (Å²) in [7, 11) is 0. The van der Waals surface area contributed by atoms with E-state index < -0.39 is 5.41 Å². The summed E-state index contributed by atoms with van der Waals surface area (Å²) < 4.78 is 0. The van der Waals surface area contributed by atoms with Crippen molar-refractivity contribution in [2.75, 3.05) is 4.90 Å². The lowest BCUT2D eigenvalue weighted by atomic mass is 9.48. The summed E-state index contributed by atoms with van der Waals surface area (Å²) in [6.45, 7) is 0. The van der Waals surface area contributed by atoms with Gasteiger partial charge in [0.05, 0.1) is 5.41 Å². The number of benzene rings is 8. The molecule has 15 rings (SSSR count). The number of fused-ring (bicyclic) bond motifs is 13. The van der Waals surface area contributed by atoms with Gasteiger partial charge in [0, 0.05) is 17.1 Å². The zero-order chi connectivity index (χ0) is 40.6. The molecule has 0 saturated heterocycles. The second kappa shape index (κ2) is 13.2. The van der Waals surface area contributed by atoms with Crippen molar-refractivity contribution < 1.29 is 0 Å². The highest BCUT2D eigenvalue weighted by Crippen LogP contribution is 2.66. The third-order valence-electron chi connectivity index (χ3n) is 16.8. The van der Waals surface area contributed by atoms with E-state index in [-0.39, 0.29) is 5.41 Å². The van der Waals surface area contributed by atoms with Gasteiger partial charge in [0.25, 0.3) is 0 Å². The maximum atomic E-state index is 2.67. The van der Waals surface area contributed by atoms with Crippen LogP contribution in [0.1, 0.15) is 90.3 Å². The van der Waals surface area contributed by atoms with Crippen LogP contribution in [0.5, 0.6) is 0 Å². The Balaban J connectivity index is 1.01. The fourth-order valence-corrected chi connectivity index (χ4v) is 14.9. The molecule has 1 heteroatoms. The first-order chi connectivity index (χ1) is 30.7. The first-order valence-corrected chi connectivity index (χ1v) is 23.6. The Kier molecular flexibility index (Phi) is 7.52. The van der Waals surface area contributed by atoms with E-state index in [0.717, 1.165) is 17.8 Å². The Hall–Kier alpha value is -6.18. The Morgan fingerprint density at radius 1 is 0.435 bits per heavy atom. The van der Waals surface area contributed by atoms with Crippen molar-refractivity contribution >= 4 is 27.8 Å². The van der Waals surface area contributed by atoms with Crippen LogP contribution in [0.15, 0.2) is 170 Å². The highest BCUT2D eigenvalue weighted by atomic mass is 15.1. The van der Waals surface area contributed by atoms with Gasteiger partial charge >= 0.3 is 0 Å². The molecular weight excluding hydrogens is 747 g/mol. The summed E-state index contributed by atoms with van der Waals surface area (Å²) in [5.74, 6) is 2.61. The van der Waals surface area contributed by atoms with Crippen molar-refractivity contribution in [3.8, 4) is 33.4 Å². The van der Waals surface area contributed by atoms with Crippen LogP contribution in [-0.2, 0) is 23.7 Å². The topological polar surface area (TPSA) is 3.24 Å². The molecule has 4 saturated carbocycles. The van der Waals surface area contributed by atoms with Crippen LogP contribution in [-0.4, -0.2) is 0 Å². The molecule has 0 amide bonds. The number of anilines is 3. The summed E-state index contributed by atoms with van der Waals surface area (Å²) in [6.07, 6.45) is 13.3. The lowest BCUT2D eigenvalue weighted by Crippen LogP contribution is -2.48. The normalized spacial score (nSPS) is 22.9. The van der Waals surface area contributed by atoms with Gasteiger partial charge in [-0.25, -0.2) is 0 Å². The standard InChI is InChI=1S/C61H51N/c1-3-15-47-42(12-1)14-11-19-48(47)44-24-27-45(28-25-44)62(58-23-10-9-22-56(58)60-36-39-32-40(37-60)34-41(33-39)38-60)46-29-31-52-53-30-26-43-13-2-4-16-49(43)59(53)61(57(52)35-46)54-20-7-5-17-50(54)51-18-6-8-21-55(51)61/h2,4-11,13-14,16-31,35,39-41H,1,3,12,15,32-34,36-38H2. The fourth-order valence-electron chi connectivity index (χ4n) is 14.9. The minimum Gasteiger partial charge on any atom is -0.310 e. The summed E-state index contributed by atoms with van der Waals surface area (Å²) in [5.41, 5.74) is 22.1. The van der Waals surface area contributed by atoms with Gasteiger partial charge in [0.2, 0.25) is 0 Å². The monoisotopic (exact) mass is 797 g/mol. The Bertz CT molecular complexity index is 3050. The van der Waals surface area contributed by atoms with Gasteiger partial charge in [-0.2, -0.15) is 0 Å². The maximum Gasteiger partial charge on any atom is 0.0732 e. The van der Waals surface area contributed by atoms with Gasteiger partial charge < -0.3 is 4.90 Å². The van der Waals surface area contributed by atoms with Crippen LogP contribution < -0.4 is 4.90 Å². The number of para-hydroxylation sites is 1. The molecule has 0 unspecified atom stereocenters. The average molecular weight is 798 g/mol. The minimum atomic E-state index is -0.448. The molecule has 0 radical (unpaired) electrons. The number of rotatable bonds is 5. The average Bonchev–Trinajstić information content (AvgIpc) is 3.79. The van der Waals surface area contributed by atoms with Crippen molar-refractivity contribution in [3.05, 3.63) is 209 Å². The summed E-state index contributed by atoms with van der Waals surface area (Å²) in [6, 6.07) is 66.2. The lowest BCUT2D eigenvalue weighted by Gasteiger charge is -2.57. The molecule has 1 spiro atoms. The smallest absolute Gasteiger partial charge is 0.0732 e. The van der Waals surface area contributed by atoms with E-state index in [4.69, 9.17) is 0 Å². The molecule has 4 fully saturated rings. The highest BCUT2D eigenvalue weighted by Gasteiger charge is 2.54. The molecule has 0 aromatic heterocycles. The van der Waals surface area contributed by atoms with Crippen molar-refractivity contribution in [1.29, 1.82) is 0 Å². The molecule has 1 nitrogen and oxygen atoms in total.